The summed E-state index contributed by atoms with van der Waals surface area (Å²) in [5.41, 5.74) is -0.140. The zero-order valence-corrected chi connectivity index (χ0v) is 16.1. The van der Waals surface area contributed by atoms with Crippen molar-refractivity contribution in [2.24, 2.45) is 0 Å². The third kappa shape index (κ3) is 3.88. The van der Waals surface area contributed by atoms with Crippen molar-refractivity contribution in [2.45, 2.75) is 12.5 Å². The van der Waals surface area contributed by atoms with E-state index in [1.807, 2.05) is 7.05 Å². The number of rotatable bonds is 4. The lowest BCUT2D eigenvalue weighted by atomic mass is 10.1. The van der Waals surface area contributed by atoms with E-state index in [0.717, 1.165) is 31.6 Å². The molecule has 0 aliphatic carbocycles. The highest BCUT2D eigenvalue weighted by atomic mass is 35.5. The van der Waals surface area contributed by atoms with E-state index in [0.29, 0.717) is 0 Å². The Morgan fingerprint density at radius 2 is 2.07 bits per heavy atom. The van der Waals surface area contributed by atoms with Gasteiger partial charge in [0.15, 0.2) is 11.6 Å². The fraction of sp³-hybridized carbons (Fsp3) is 0.263. The van der Waals surface area contributed by atoms with Crippen LogP contribution in [0, 0.1) is 17.5 Å². The molecular weight excluding hydrogens is 407 g/mol. The van der Waals surface area contributed by atoms with Gasteiger partial charge in [-0.05, 0) is 44.3 Å². The summed E-state index contributed by atoms with van der Waals surface area (Å²) in [6.07, 6.45) is 0.878. The van der Waals surface area contributed by atoms with Crippen LogP contribution in [-0.4, -0.2) is 47.0 Å². The number of hydrogen-bond acceptors (Lipinski definition) is 4. The largest absolute Gasteiger partial charge is 0.352 e. The predicted molar refractivity (Wildman–Crippen MR) is 105 cm³/mol. The van der Waals surface area contributed by atoms with Crippen molar-refractivity contribution in [1.82, 2.24) is 14.9 Å². The van der Waals surface area contributed by atoms with E-state index in [9.17, 15) is 18.0 Å². The van der Waals surface area contributed by atoms with Crippen LogP contribution in [0.2, 0.25) is 5.02 Å². The number of nitrogens with zero attached hydrogens (tertiary/aromatic N) is 2. The van der Waals surface area contributed by atoms with Gasteiger partial charge in [-0.2, -0.15) is 0 Å². The van der Waals surface area contributed by atoms with Crippen LogP contribution in [0.1, 0.15) is 16.8 Å². The molecule has 1 saturated heterocycles. The maximum absolute atomic E-state index is 14.3. The van der Waals surface area contributed by atoms with E-state index in [1.54, 1.807) is 0 Å². The van der Waals surface area contributed by atoms with Crippen LogP contribution in [0.4, 0.5) is 24.8 Å². The molecule has 1 aromatic heterocycles. The zero-order chi connectivity index (χ0) is 20.7. The van der Waals surface area contributed by atoms with Crippen LogP contribution in [-0.2, 0) is 0 Å². The van der Waals surface area contributed by atoms with Gasteiger partial charge in [-0.3, -0.25) is 4.79 Å². The first-order valence-corrected chi connectivity index (χ1v) is 9.29. The van der Waals surface area contributed by atoms with Gasteiger partial charge in [0.25, 0.3) is 5.91 Å². The number of aromatic nitrogens is 2. The Kier molecular flexibility index (Phi) is 5.10. The standard InChI is InChI=1S/C19H17ClF3N5O/c1-28-5-4-10(8-28)25-19-26-16-11(7-14(22)15(23)17(16)27-19)18(29)24-9-2-3-13(21)12(20)6-9/h2-3,6-7,10H,4-5,8H2,1H3,(H,24,29)(H2,25,26,27). The average Bonchev–Trinajstić information content (AvgIpc) is 3.27. The molecule has 2 heterocycles. The Bertz CT molecular complexity index is 1100. The number of likely N-dealkylation sites (tertiary alicyclic amines) is 1. The van der Waals surface area contributed by atoms with Gasteiger partial charge < -0.3 is 20.5 Å². The molecule has 3 aromatic rings. The molecule has 2 aromatic carbocycles. The number of fused-ring (bicyclic) bond motifs is 1. The normalized spacial score (nSPS) is 17.1. The van der Waals surface area contributed by atoms with Crippen LogP contribution >= 0.6 is 11.6 Å². The third-order valence-electron chi connectivity index (χ3n) is 4.82. The van der Waals surface area contributed by atoms with Crippen LogP contribution in [0.3, 0.4) is 0 Å². The highest BCUT2D eigenvalue weighted by molar-refractivity contribution is 6.31. The van der Waals surface area contributed by atoms with E-state index in [-0.39, 0.29) is 39.3 Å². The number of benzene rings is 2. The van der Waals surface area contributed by atoms with Crippen molar-refractivity contribution in [2.75, 3.05) is 30.8 Å². The van der Waals surface area contributed by atoms with Crippen molar-refractivity contribution < 1.29 is 18.0 Å². The molecule has 29 heavy (non-hydrogen) atoms. The predicted octanol–water partition coefficient (Wildman–Crippen LogP) is 4.00. The molecule has 0 bridgehead atoms. The van der Waals surface area contributed by atoms with E-state index in [2.05, 4.69) is 25.5 Å². The van der Waals surface area contributed by atoms with Gasteiger partial charge in [0.1, 0.15) is 11.3 Å². The number of nitrogens with one attached hydrogen (secondary N) is 3. The highest BCUT2D eigenvalue weighted by Crippen LogP contribution is 2.27. The van der Waals surface area contributed by atoms with Crippen molar-refractivity contribution in [3.63, 3.8) is 0 Å². The number of halogens is 4. The van der Waals surface area contributed by atoms with Crippen LogP contribution < -0.4 is 10.6 Å². The van der Waals surface area contributed by atoms with Crippen LogP contribution in [0.5, 0.6) is 0 Å². The maximum atomic E-state index is 14.3. The van der Waals surface area contributed by atoms with Crippen LogP contribution in [0.25, 0.3) is 11.0 Å². The number of imidazole rings is 1. The molecule has 0 spiro atoms. The van der Waals surface area contributed by atoms with Gasteiger partial charge in [0, 0.05) is 18.3 Å². The first-order valence-electron chi connectivity index (χ1n) is 8.91. The second kappa shape index (κ2) is 7.57. The van der Waals surface area contributed by atoms with E-state index in [4.69, 9.17) is 11.6 Å². The van der Waals surface area contributed by atoms with Gasteiger partial charge in [0.2, 0.25) is 5.95 Å². The van der Waals surface area contributed by atoms with Crippen molar-refractivity contribution in [3.05, 3.63) is 52.3 Å². The molecular formula is C19H17ClF3N5O. The van der Waals surface area contributed by atoms with E-state index < -0.39 is 23.4 Å². The Morgan fingerprint density at radius 3 is 2.76 bits per heavy atom. The Hall–Kier alpha value is -2.78. The summed E-state index contributed by atoms with van der Waals surface area (Å²) >= 11 is 5.72. The quantitative estimate of drug-likeness (QED) is 0.593. The molecule has 1 fully saturated rings. The minimum absolute atomic E-state index is 0.0588. The Balaban J connectivity index is 1.66. The summed E-state index contributed by atoms with van der Waals surface area (Å²) in [4.78, 5) is 21.8. The van der Waals surface area contributed by atoms with Gasteiger partial charge in [-0.15, -0.1) is 0 Å². The SMILES string of the molecule is CN1CCC(Nc2nc3c(F)c(F)cc(C(=O)Nc4ccc(F)c(Cl)c4)c3[nH]2)C1. The highest BCUT2D eigenvalue weighted by Gasteiger charge is 2.24. The molecule has 3 N–H and O–H groups in total. The van der Waals surface area contributed by atoms with Crippen LogP contribution in [0.15, 0.2) is 24.3 Å². The number of aromatic amines is 1. The molecule has 0 radical (unpaired) electrons. The lowest BCUT2D eigenvalue weighted by Crippen LogP contribution is -2.24. The lowest BCUT2D eigenvalue weighted by molar-refractivity contribution is 0.102. The lowest BCUT2D eigenvalue weighted by Gasteiger charge is -2.11. The molecule has 0 saturated carbocycles. The second-order valence-corrected chi connectivity index (χ2v) is 7.41. The van der Waals surface area contributed by atoms with Gasteiger partial charge in [-0.25, -0.2) is 18.2 Å². The summed E-state index contributed by atoms with van der Waals surface area (Å²) in [5.74, 6) is -3.44. The summed E-state index contributed by atoms with van der Waals surface area (Å²) in [6, 6.07) is 4.53. The summed E-state index contributed by atoms with van der Waals surface area (Å²) in [7, 11) is 1.99. The summed E-state index contributed by atoms with van der Waals surface area (Å²) in [6.45, 7) is 1.70. The monoisotopic (exact) mass is 423 g/mol. The fourth-order valence-corrected chi connectivity index (χ4v) is 3.55. The smallest absolute Gasteiger partial charge is 0.257 e. The molecule has 1 atom stereocenters. The van der Waals surface area contributed by atoms with E-state index >= 15 is 0 Å². The zero-order valence-electron chi connectivity index (χ0n) is 15.3. The Morgan fingerprint density at radius 1 is 1.28 bits per heavy atom. The number of H-pyrrole nitrogens is 1. The third-order valence-corrected chi connectivity index (χ3v) is 5.11. The number of amides is 1. The number of carbonyl (C=O) groups is 1. The molecule has 1 unspecified atom stereocenters. The molecule has 6 nitrogen and oxygen atoms in total. The molecule has 1 aliphatic heterocycles. The summed E-state index contributed by atoms with van der Waals surface area (Å²) in [5, 5.41) is 5.47. The van der Waals surface area contributed by atoms with Crippen molar-refractivity contribution in [1.29, 1.82) is 0 Å². The molecule has 1 amide bonds. The fourth-order valence-electron chi connectivity index (χ4n) is 3.37. The average molecular weight is 424 g/mol. The first-order chi connectivity index (χ1) is 13.8. The number of carbonyl (C=O) groups excluding carboxylic acids is 1. The van der Waals surface area contributed by atoms with Gasteiger partial charge in [0.05, 0.1) is 16.1 Å². The molecule has 10 heteroatoms. The minimum atomic E-state index is -1.20. The second-order valence-electron chi connectivity index (χ2n) is 7.00. The molecule has 1 aliphatic rings. The Labute approximate surface area is 169 Å². The van der Waals surface area contributed by atoms with E-state index in [1.165, 1.54) is 12.1 Å². The topological polar surface area (TPSA) is 73.1 Å². The van der Waals surface area contributed by atoms with Crippen molar-refractivity contribution >= 4 is 40.2 Å². The summed E-state index contributed by atoms with van der Waals surface area (Å²) < 4.78 is 41.7. The maximum Gasteiger partial charge on any atom is 0.257 e. The molecule has 4 rings (SSSR count). The van der Waals surface area contributed by atoms with Gasteiger partial charge in [-0.1, -0.05) is 11.6 Å². The van der Waals surface area contributed by atoms with Crippen molar-refractivity contribution in [3.8, 4) is 0 Å². The number of likely N-dealkylation sites (N-methyl/N-ethyl adjacent to an activating group) is 1. The number of anilines is 2. The minimum Gasteiger partial charge on any atom is -0.352 e. The molecule has 152 valence electrons. The van der Waals surface area contributed by atoms with Gasteiger partial charge >= 0.3 is 0 Å². The first kappa shape index (κ1) is 19.5. The number of hydrogen-bond donors (Lipinski definition) is 3.